The Morgan fingerprint density at radius 3 is 3.12 bits per heavy atom. The molecule has 1 aromatic carbocycles. The van der Waals surface area contributed by atoms with Crippen molar-refractivity contribution in [3.05, 3.63) is 22.5 Å². The number of aliphatic imine (C=N–C) groups is 1. The van der Waals surface area contributed by atoms with Crippen molar-refractivity contribution in [1.29, 1.82) is 0 Å². The predicted molar refractivity (Wildman–Crippen MR) is 63.5 cm³/mol. The van der Waals surface area contributed by atoms with Crippen LogP contribution in [0.2, 0.25) is 5.02 Å². The number of fused-ring (bicyclic) bond motifs is 1. The first kappa shape index (κ1) is 11.5. The monoisotopic (exact) mass is 258 g/mol. The highest BCUT2D eigenvalue weighted by atomic mass is 35.5. The minimum absolute atomic E-state index is 0.0536. The molecule has 0 radical (unpaired) electrons. The number of halogens is 2. The van der Waals surface area contributed by atoms with Crippen LogP contribution in [0.15, 0.2) is 11.1 Å². The summed E-state index contributed by atoms with van der Waals surface area (Å²) < 4.78 is 15.5. The van der Waals surface area contributed by atoms with Gasteiger partial charge in [-0.3, -0.25) is 0 Å². The van der Waals surface area contributed by atoms with E-state index in [0.29, 0.717) is 16.3 Å². The minimum atomic E-state index is -0.578. The Balaban J connectivity index is 2.67. The molecule has 0 aromatic heterocycles. The predicted octanol–water partition coefficient (Wildman–Crippen LogP) is 3.43. The van der Waals surface area contributed by atoms with Crippen LogP contribution in [0.1, 0.15) is 12.5 Å². The van der Waals surface area contributed by atoms with Crippen molar-refractivity contribution in [3.63, 3.8) is 0 Å². The van der Waals surface area contributed by atoms with Gasteiger partial charge in [-0.05, 0) is 24.9 Å². The highest BCUT2D eigenvalue weighted by Crippen LogP contribution is 2.47. The van der Waals surface area contributed by atoms with E-state index >= 15 is 0 Å². The SMILES string of the molecule is CCN1SCc2c(N=C=O)c(F)cc(Cl)c21. The lowest BCUT2D eigenvalue weighted by Gasteiger charge is -2.16. The Hall–Kier alpha value is -1.03. The fourth-order valence-corrected chi connectivity index (χ4v) is 3.12. The number of anilines is 1. The van der Waals surface area contributed by atoms with Crippen LogP contribution < -0.4 is 4.31 Å². The van der Waals surface area contributed by atoms with Gasteiger partial charge in [-0.25, -0.2) is 9.18 Å². The van der Waals surface area contributed by atoms with E-state index in [2.05, 4.69) is 4.99 Å². The third-order valence-corrected chi connectivity index (χ3v) is 3.79. The van der Waals surface area contributed by atoms with Crippen LogP contribution in [0.3, 0.4) is 0 Å². The van der Waals surface area contributed by atoms with Gasteiger partial charge in [-0.15, -0.1) is 0 Å². The molecule has 0 atom stereocenters. The number of hydrogen-bond donors (Lipinski definition) is 0. The van der Waals surface area contributed by atoms with E-state index in [1.807, 2.05) is 11.2 Å². The molecule has 0 saturated heterocycles. The Morgan fingerprint density at radius 2 is 2.50 bits per heavy atom. The lowest BCUT2D eigenvalue weighted by atomic mass is 10.1. The third kappa shape index (κ3) is 1.71. The number of nitrogens with zero attached hydrogens (tertiary/aromatic N) is 2. The third-order valence-electron chi connectivity index (χ3n) is 2.34. The molecule has 3 nitrogen and oxygen atoms in total. The van der Waals surface area contributed by atoms with Crippen molar-refractivity contribution in [1.82, 2.24) is 0 Å². The van der Waals surface area contributed by atoms with Gasteiger partial charge in [0, 0.05) is 17.9 Å². The van der Waals surface area contributed by atoms with Crippen molar-refractivity contribution in [2.75, 3.05) is 10.8 Å². The first-order valence-corrected chi connectivity index (χ1v) is 6.00. The summed E-state index contributed by atoms with van der Waals surface area (Å²) in [6.07, 6.45) is 1.37. The molecule has 84 valence electrons. The Labute approximate surface area is 101 Å². The van der Waals surface area contributed by atoms with E-state index in [4.69, 9.17) is 11.6 Å². The van der Waals surface area contributed by atoms with Crippen molar-refractivity contribution in [3.8, 4) is 0 Å². The van der Waals surface area contributed by atoms with Gasteiger partial charge in [0.05, 0.1) is 10.7 Å². The van der Waals surface area contributed by atoms with Crippen LogP contribution in [0.25, 0.3) is 0 Å². The molecule has 0 unspecified atom stereocenters. The Morgan fingerprint density at radius 1 is 1.75 bits per heavy atom. The zero-order chi connectivity index (χ0) is 11.7. The Bertz CT molecular complexity index is 488. The molecular weight excluding hydrogens is 251 g/mol. The smallest absolute Gasteiger partial charge is 0.240 e. The number of benzene rings is 1. The van der Waals surface area contributed by atoms with E-state index in [9.17, 15) is 9.18 Å². The van der Waals surface area contributed by atoms with Crippen molar-refractivity contribution in [2.45, 2.75) is 12.7 Å². The maximum Gasteiger partial charge on any atom is 0.240 e. The summed E-state index contributed by atoms with van der Waals surface area (Å²) in [5, 5.41) is 0.351. The molecule has 0 spiro atoms. The van der Waals surface area contributed by atoms with Crippen LogP contribution in [-0.4, -0.2) is 12.6 Å². The summed E-state index contributed by atoms with van der Waals surface area (Å²) in [5.41, 5.74) is 1.47. The van der Waals surface area contributed by atoms with Crippen LogP contribution in [0.5, 0.6) is 0 Å². The Kier molecular flexibility index (Phi) is 3.19. The molecule has 0 N–H and O–H groups in total. The molecule has 0 saturated carbocycles. The minimum Gasteiger partial charge on any atom is -0.314 e. The zero-order valence-corrected chi connectivity index (χ0v) is 10.0. The maximum absolute atomic E-state index is 13.5. The second-order valence-corrected chi connectivity index (χ2v) is 4.58. The highest BCUT2D eigenvalue weighted by Gasteiger charge is 2.27. The van der Waals surface area contributed by atoms with Gasteiger partial charge in [0.2, 0.25) is 6.08 Å². The molecule has 1 aliphatic rings. The van der Waals surface area contributed by atoms with Crippen molar-refractivity contribution in [2.24, 2.45) is 4.99 Å². The summed E-state index contributed by atoms with van der Waals surface area (Å²) in [4.78, 5) is 13.7. The van der Waals surface area contributed by atoms with Crippen LogP contribution in [0, 0.1) is 5.82 Å². The quantitative estimate of drug-likeness (QED) is 0.463. The normalized spacial score (nSPS) is 13.6. The molecule has 1 aromatic rings. The van der Waals surface area contributed by atoms with E-state index in [1.54, 1.807) is 0 Å². The maximum atomic E-state index is 13.5. The summed E-state index contributed by atoms with van der Waals surface area (Å²) >= 11 is 7.51. The molecule has 0 bridgehead atoms. The van der Waals surface area contributed by atoms with E-state index in [-0.39, 0.29) is 5.69 Å². The summed E-state index contributed by atoms with van der Waals surface area (Å²) in [7, 11) is 0. The van der Waals surface area contributed by atoms with Crippen molar-refractivity contribution >= 4 is 41.0 Å². The topological polar surface area (TPSA) is 32.7 Å². The molecule has 0 aliphatic carbocycles. The largest absolute Gasteiger partial charge is 0.314 e. The van der Waals surface area contributed by atoms with Gasteiger partial charge in [-0.1, -0.05) is 11.6 Å². The molecule has 0 amide bonds. The molecule has 2 rings (SSSR count). The van der Waals surface area contributed by atoms with Gasteiger partial charge in [-0.2, -0.15) is 4.99 Å². The number of rotatable bonds is 2. The average molecular weight is 259 g/mol. The van der Waals surface area contributed by atoms with Gasteiger partial charge in [0.15, 0.2) is 5.82 Å². The second-order valence-electron chi connectivity index (χ2n) is 3.19. The fraction of sp³-hybridized carbons (Fsp3) is 0.300. The molecule has 6 heteroatoms. The van der Waals surface area contributed by atoms with Gasteiger partial charge >= 0.3 is 0 Å². The lowest BCUT2D eigenvalue weighted by molar-refractivity contribution is 0.564. The highest BCUT2D eigenvalue weighted by molar-refractivity contribution is 8.00. The van der Waals surface area contributed by atoms with Gasteiger partial charge < -0.3 is 4.31 Å². The summed E-state index contributed by atoms with van der Waals surface area (Å²) in [5.74, 6) is -0.00750. The van der Waals surface area contributed by atoms with E-state index in [1.165, 1.54) is 24.1 Å². The van der Waals surface area contributed by atoms with E-state index < -0.39 is 5.82 Å². The zero-order valence-electron chi connectivity index (χ0n) is 8.46. The number of carbonyl (C=O) groups excluding carboxylic acids is 1. The summed E-state index contributed by atoms with van der Waals surface area (Å²) in [6, 6.07) is 1.19. The van der Waals surface area contributed by atoms with Gasteiger partial charge in [0.25, 0.3) is 0 Å². The lowest BCUT2D eigenvalue weighted by Crippen LogP contribution is -2.09. The number of hydrogen-bond acceptors (Lipinski definition) is 4. The first-order valence-electron chi connectivity index (χ1n) is 4.68. The summed E-state index contributed by atoms with van der Waals surface area (Å²) in [6.45, 7) is 2.73. The van der Waals surface area contributed by atoms with Crippen LogP contribution >= 0.6 is 23.5 Å². The fourth-order valence-electron chi connectivity index (χ4n) is 1.68. The standard InChI is InChI=1S/C10H8ClFN2OS/c1-2-14-10-6(4-16-14)9(13-5-15)8(12)3-7(10)11/h3H,2,4H2,1H3. The molecular formula is C10H8ClFN2OS. The molecule has 1 aliphatic heterocycles. The second kappa shape index (κ2) is 4.45. The molecule has 0 fully saturated rings. The number of isocyanates is 1. The molecule has 1 heterocycles. The molecule has 16 heavy (non-hydrogen) atoms. The van der Waals surface area contributed by atoms with Crippen molar-refractivity contribution < 1.29 is 9.18 Å². The van der Waals surface area contributed by atoms with E-state index in [0.717, 1.165) is 12.2 Å². The average Bonchev–Trinajstić information content (AvgIpc) is 2.68. The van der Waals surface area contributed by atoms with Gasteiger partial charge in [0.1, 0.15) is 5.69 Å². The van der Waals surface area contributed by atoms with Crippen LogP contribution in [-0.2, 0) is 10.5 Å². The first-order chi connectivity index (χ1) is 7.69. The van der Waals surface area contributed by atoms with Crippen LogP contribution in [0.4, 0.5) is 15.8 Å².